The fourth-order valence-corrected chi connectivity index (χ4v) is 3.46. The predicted octanol–water partition coefficient (Wildman–Crippen LogP) is 2.18. The van der Waals surface area contributed by atoms with Crippen molar-refractivity contribution in [1.82, 2.24) is 20.2 Å². The standard InChI is InChI=1S/C18H27N5O3/c1-2-26-18(25)23-9-7-15(8-10-23)22-17-19-11-13(12-20-17)16(24)21-14-5-3-4-6-14/h11-12,14-15H,2-10H2,1H3,(H,21,24)(H,19,20,22). The fraction of sp³-hybridized carbons (Fsp3) is 0.667. The summed E-state index contributed by atoms with van der Waals surface area (Å²) in [4.78, 5) is 34.2. The Morgan fingerprint density at radius 1 is 1.12 bits per heavy atom. The lowest BCUT2D eigenvalue weighted by Crippen LogP contribution is -2.42. The van der Waals surface area contributed by atoms with E-state index in [-0.39, 0.29) is 24.1 Å². The number of piperidine rings is 1. The first-order valence-corrected chi connectivity index (χ1v) is 9.47. The number of hydrogen-bond acceptors (Lipinski definition) is 6. The van der Waals surface area contributed by atoms with Gasteiger partial charge in [-0.2, -0.15) is 0 Å². The lowest BCUT2D eigenvalue weighted by atomic mass is 10.1. The highest BCUT2D eigenvalue weighted by Gasteiger charge is 2.24. The van der Waals surface area contributed by atoms with Crippen molar-refractivity contribution in [3.8, 4) is 0 Å². The van der Waals surface area contributed by atoms with Crippen LogP contribution in [0.3, 0.4) is 0 Å². The molecule has 0 spiro atoms. The molecule has 2 aliphatic rings. The second kappa shape index (κ2) is 8.82. The zero-order valence-corrected chi connectivity index (χ0v) is 15.2. The van der Waals surface area contributed by atoms with E-state index in [4.69, 9.17) is 4.74 Å². The van der Waals surface area contributed by atoms with Crippen molar-refractivity contribution < 1.29 is 14.3 Å². The summed E-state index contributed by atoms with van der Waals surface area (Å²) in [5.74, 6) is 0.406. The molecule has 1 aliphatic heterocycles. The molecule has 0 radical (unpaired) electrons. The van der Waals surface area contributed by atoms with Crippen LogP contribution < -0.4 is 10.6 Å². The Labute approximate surface area is 153 Å². The van der Waals surface area contributed by atoms with Gasteiger partial charge in [-0.15, -0.1) is 0 Å². The van der Waals surface area contributed by atoms with Gasteiger partial charge in [0.25, 0.3) is 5.91 Å². The van der Waals surface area contributed by atoms with Gasteiger partial charge in [0, 0.05) is 37.6 Å². The molecule has 8 heteroatoms. The van der Waals surface area contributed by atoms with Crippen molar-refractivity contribution in [3.63, 3.8) is 0 Å². The zero-order chi connectivity index (χ0) is 18.4. The van der Waals surface area contributed by atoms with E-state index in [0.717, 1.165) is 25.7 Å². The SMILES string of the molecule is CCOC(=O)N1CCC(Nc2ncc(C(=O)NC3CCCC3)cn2)CC1. The zero-order valence-electron chi connectivity index (χ0n) is 15.2. The first-order valence-electron chi connectivity index (χ1n) is 9.47. The summed E-state index contributed by atoms with van der Waals surface area (Å²) in [6, 6.07) is 0.490. The van der Waals surface area contributed by atoms with E-state index in [0.29, 0.717) is 31.2 Å². The van der Waals surface area contributed by atoms with Crippen LogP contribution in [0.4, 0.5) is 10.7 Å². The molecular weight excluding hydrogens is 334 g/mol. The summed E-state index contributed by atoms with van der Waals surface area (Å²) < 4.78 is 5.02. The predicted molar refractivity (Wildman–Crippen MR) is 97.0 cm³/mol. The van der Waals surface area contributed by atoms with Crippen LogP contribution in [-0.4, -0.2) is 58.6 Å². The summed E-state index contributed by atoms with van der Waals surface area (Å²) in [7, 11) is 0. The van der Waals surface area contributed by atoms with E-state index < -0.39 is 0 Å². The van der Waals surface area contributed by atoms with E-state index in [1.807, 2.05) is 0 Å². The number of nitrogens with zero attached hydrogens (tertiary/aromatic N) is 3. The Morgan fingerprint density at radius 2 is 1.77 bits per heavy atom. The van der Waals surface area contributed by atoms with Crippen molar-refractivity contribution in [3.05, 3.63) is 18.0 Å². The van der Waals surface area contributed by atoms with Gasteiger partial charge in [0.2, 0.25) is 5.95 Å². The Morgan fingerprint density at radius 3 is 2.38 bits per heavy atom. The van der Waals surface area contributed by atoms with Gasteiger partial charge in [-0.05, 0) is 32.6 Å². The molecule has 2 amide bonds. The number of amides is 2. The van der Waals surface area contributed by atoms with Crippen molar-refractivity contribution in [1.29, 1.82) is 0 Å². The highest BCUT2D eigenvalue weighted by Crippen LogP contribution is 2.18. The highest BCUT2D eigenvalue weighted by atomic mass is 16.6. The third-order valence-electron chi connectivity index (χ3n) is 4.96. The van der Waals surface area contributed by atoms with Crippen molar-refractivity contribution >= 4 is 17.9 Å². The number of hydrogen-bond donors (Lipinski definition) is 2. The Hall–Kier alpha value is -2.38. The molecule has 2 heterocycles. The molecule has 2 N–H and O–H groups in total. The molecule has 1 saturated heterocycles. The molecule has 0 bridgehead atoms. The molecular formula is C18H27N5O3. The van der Waals surface area contributed by atoms with Crippen LogP contribution in [0, 0.1) is 0 Å². The number of ether oxygens (including phenoxy) is 1. The van der Waals surface area contributed by atoms with E-state index in [1.54, 1.807) is 24.2 Å². The summed E-state index contributed by atoms with van der Waals surface area (Å²) in [6.45, 7) is 3.50. The number of rotatable bonds is 5. The second-order valence-corrected chi connectivity index (χ2v) is 6.85. The molecule has 1 aromatic heterocycles. The second-order valence-electron chi connectivity index (χ2n) is 6.85. The van der Waals surface area contributed by atoms with Gasteiger partial charge in [0.15, 0.2) is 0 Å². The fourth-order valence-electron chi connectivity index (χ4n) is 3.46. The topological polar surface area (TPSA) is 96.5 Å². The van der Waals surface area contributed by atoms with Gasteiger partial charge in [0.1, 0.15) is 0 Å². The molecule has 1 aromatic rings. The largest absolute Gasteiger partial charge is 0.450 e. The van der Waals surface area contributed by atoms with Crippen molar-refractivity contribution in [2.45, 2.75) is 57.5 Å². The number of nitrogens with one attached hydrogen (secondary N) is 2. The van der Waals surface area contributed by atoms with Gasteiger partial charge in [-0.1, -0.05) is 12.8 Å². The van der Waals surface area contributed by atoms with Crippen molar-refractivity contribution in [2.75, 3.05) is 25.0 Å². The van der Waals surface area contributed by atoms with Crippen LogP contribution in [-0.2, 0) is 4.74 Å². The molecule has 26 heavy (non-hydrogen) atoms. The lowest BCUT2D eigenvalue weighted by Gasteiger charge is -2.31. The highest BCUT2D eigenvalue weighted by molar-refractivity contribution is 5.93. The number of anilines is 1. The van der Waals surface area contributed by atoms with Gasteiger partial charge in [-0.25, -0.2) is 14.8 Å². The first kappa shape index (κ1) is 18.4. The van der Waals surface area contributed by atoms with Gasteiger partial charge >= 0.3 is 6.09 Å². The minimum atomic E-state index is -0.250. The maximum Gasteiger partial charge on any atom is 0.409 e. The van der Waals surface area contributed by atoms with Crippen LogP contribution in [0.1, 0.15) is 55.8 Å². The molecule has 8 nitrogen and oxygen atoms in total. The molecule has 0 atom stereocenters. The van der Waals surface area contributed by atoms with E-state index in [2.05, 4.69) is 20.6 Å². The van der Waals surface area contributed by atoms with Gasteiger partial charge in [-0.3, -0.25) is 4.79 Å². The van der Waals surface area contributed by atoms with Gasteiger partial charge < -0.3 is 20.3 Å². The lowest BCUT2D eigenvalue weighted by molar-refractivity contribution is 0.0936. The average Bonchev–Trinajstić information content (AvgIpc) is 3.16. The minimum Gasteiger partial charge on any atom is -0.450 e. The third-order valence-corrected chi connectivity index (χ3v) is 4.96. The maximum atomic E-state index is 12.2. The van der Waals surface area contributed by atoms with Crippen LogP contribution in [0.25, 0.3) is 0 Å². The van der Waals surface area contributed by atoms with E-state index in [9.17, 15) is 9.59 Å². The summed E-state index contributed by atoms with van der Waals surface area (Å²) in [6.07, 6.45) is 8.96. The number of likely N-dealkylation sites (tertiary alicyclic amines) is 1. The number of carbonyl (C=O) groups excluding carboxylic acids is 2. The van der Waals surface area contributed by atoms with Crippen LogP contribution in [0.2, 0.25) is 0 Å². The van der Waals surface area contributed by atoms with Crippen LogP contribution in [0.15, 0.2) is 12.4 Å². The van der Waals surface area contributed by atoms with E-state index in [1.165, 1.54) is 12.8 Å². The summed E-state index contributed by atoms with van der Waals surface area (Å²) >= 11 is 0. The average molecular weight is 361 g/mol. The Kier molecular flexibility index (Phi) is 6.25. The summed E-state index contributed by atoms with van der Waals surface area (Å²) in [5.41, 5.74) is 0.486. The molecule has 1 saturated carbocycles. The Balaban J connectivity index is 1.46. The summed E-state index contributed by atoms with van der Waals surface area (Å²) in [5, 5.41) is 6.31. The quantitative estimate of drug-likeness (QED) is 0.834. The van der Waals surface area contributed by atoms with Gasteiger partial charge in [0.05, 0.1) is 12.2 Å². The third kappa shape index (κ3) is 4.83. The number of carbonyl (C=O) groups is 2. The molecule has 3 rings (SSSR count). The first-order chi connectivity index (χ1) is 12.7. The molecule has 2 fully saturated rings. The molecule has 0 aromatic carbocycles. The minimum absolute atomic E-state index is 0.105. The molecule has 1 aliphatic carbocycles. The molecule has 0 unspecified atom stereocenters. The molecule has 142 valence electrons. The van der Waals surface area contributed by atoms with E-state index >= 15 is 0 Å². The smallest absolute Gasteiger partial charge is 0.409 e. The normalized spacial score (nSPS) is 18.6. The maximum absolute atomic E-state index is 12.2. The van der Waals surface area contributed by atoms with Crippen LogP contribution in [0.5, 0.6) is 0 Å². The van der Waals surface area contributed by atoms with Crippen molar-refractivity contribution in [2.24, 2.45) is 0 Å². The monoisotopic (exact) mass is 361 g/mol. The Bertz CT molecular complexity index is 608. The van der Waals surface area contributed by atoms with Crippen LogP contribution >= 0.6 is 0 Å². The number of aromatic nitrogens is 2.